The van der Waals surface area contributed by atoms with Crippen molar-refractivity contribution in [3.63, 3.8) is 0 Å². The molecule has 1 radical (unpaired) electrons. The molecule has 0 amide bonds. The molecule has 0 aliphatic heterocycles. The van der Waals surface area contributed by atoms with Crippen LogP contribution < -0.4 is 0 Å². The van der Waals surface area contributed by atoms with Crippen LogP contribution in [0.25, 0.3) is 10.9 Å². The number of pyridine rings is 1. The molecule has 2 aromatic rings. The van der Waals surface area contributed by atoms with Crippen molar-refractivity contribution >= 4 is 40.1 Å². The zero-order valence-electron chi connectivity index (χ0n) is 8.66. The van der Waals surface area contributed by atoms with Gasteiger partial charge in [-0.05, 0) is 12.1 Å². The lowest BCUT2D eigenvalue weighted by Crippen LogP contribution is -2.04. The van der Waals surface area contributed by atoms with Gasteiger partial charge in [-0.3, -0.25) is 5.11 Å². The van der Waals surface area contributed by atoms with Crippen LogP contribution in [-0.4, -0.2) is 18.1 Å². The molecule has 0 aliphatic rings. The molecule has 0 atom stereocenters. The van der Waals surface area contributed by atoms with Crippen LogP contribution in [0.5, 0.6) is 5.75 Å². The maximum atomic E-state index is 11.8. The summed E-state index contributed by atoms with van der Waals surface area (Å²) in [6, 6.07) is 4.01. The summed E-state index contributed by atoms with van der Waals surface area (Å²) in [7, 11) is 1.21. The minimum Gasteiger partial charge on any atom is -0.464 e. The van der Waals surface area contributed by atoms with Gasteiger partial charge in [0.2, 0.25) is 0 Å². The molecule has 0 spiro atoms. The summed E-state index contributed by atoms with van der Waals surface area (Å²) < 4.78 is 4.49. The van der Waals surface area contributed by atoms with E-state index in [2.05, 4.69) is 9.72 Å². The van der Waals surface area contributed by atoms with E-state index in [4.69, 9.17) is 23.2 Å². The van der Waals surface area contributed by atoms with Crippen LogP contribution in [-0.2, 0) is 9.84 Å². The van der Waals surface area contributed by atoms with Gasteiger partial charge in [-0.25, -0.2) is 9.78 Å². The molecule has 2 rings (SSSR count). The summed E-state index contributed by atoms with van der Waals surface area (Å²) in [4.78, 5) is 15.3. The van der Waals surface area contributed by atoms with Gasteiger partial charge in [-0.2, -0.15) is 0 Å². The number of benzene rings is 1. The Hall–Kier alpha value is -1.52. The Balaban J connectivity index is 2.77. The molecule has 0 saturated heterocycles. The lowest BCUT2D eigenvalue weighted by atomic mass is 10.2. The van der Waals surface area contributed by atoms with Crippen molar-refractivity contribution in [2.75, 3.05) is 7.11 Å². The number of aromatic nitrogens is 1. The summed E-state index contributed by atoms with van der Waals surface area (Å²) in [5, 5.41) is 12.6. The first-order valence-corrected chi connectivity index (χ1v) is 5.33. The first-order chi connectivity index (χ1) is 8.02. The number of hydrogen-bond donors (Lipinski definition) is 0. The Bertz CT molecular complexity index is 613. The lowest BCUT2D eigenvalue weighted by molar-refractivity contribution is 0.0594. The van der Waals surface area contributed by atoms with Gasteiger partial charge < -0.3 is 4.74 Å². The van der Waals surface area contributed by atoms with Crippen molar-refractivity contribution in [3.8, 4) is 5.75 Å². The molecule has 6 heteroatoms. The largest absolute Gasteiger partial charge is 0.464 e. The zero-order chi connectivity index (χ0) is 12.6. The number of ether oxygens (including phenoxy) is 1. The second kappa shape index (κ2) is 4.39. The fourth-order valence-electron chi connectivity index (χ4n) is 1.43. The highest BCUT2D eigenvalue weighted by atomic mass is 35.5. The number of hydrogen-bond acceptors (Lipinski definition) is 3. The molecule has 0 fully saturated rings. The summed E-state index contributed by atoms with van der Waals surface area (Å²) in [5.74, 6) is -1.06. The van der Waals surface area contributed by atoms with E-state index in [0.717, 1.165) is 6.07 Å². The standard InChI is InChI=1S/C11H6Cl2NO3/c1-17-11(16)8-4-9(15)6-2-5(12)3-7(13)10(6)14-8/h2-4H,1H3. The number of nitrogens with zero attached hydrogens (tertiary/aromatic N) is 1. The van der Waals surface area contributed by atoms with Crippen LogP contribution >= 0.6 is 23.2 Å². The molecular formula is C11H6Cl2NO3. The smallest absolute Gasteiger partial charge is 0.356 e. The van der Waals surface area contributed by atoms with E-state index in [1.54, 1.807) is 0 Å². The quantitative estimate of drug-likeness (QED) is 0.746. The van der Waals surface area contributed by atoms with E-state index >= 15 is 0 Å². The first kappa shape index (κ1) is 12.0. The predicted octanol–water partition coefficient (Wildman–Crippen LogP) is 3.47. The summed E-state index contributed by atoms with van der Waals surface area (Å²) in [5.41, 5.74) is 0.165. The third-order valence-electron chi connectivity index (χ3n) is 2.19. The van der Waals surface area contributed by atoms with Crippen LogP contribution in [0.4, 0.5) is 0 Å². The molecule has 4 nitrogen and oxygen atoms in total. The molecule has 1 aromatic heterocycles. The normalized spacial score (nSPS) is 10.5. The van der Waals surface area contributed by atoms with Gasteiger partial charge >= 0.3 is 5.97 Å². The Morgan fingerprint density at radius 2 is 2.00 bits per heavy atom. The van der Waals surface area contributed by atoms with Gasteiger partial charge in [-0.15, -0.1) is 0 Å². The summed E-state index contributed by atoms with van der Waals surface area (Å²) >= 11 is 11.7. The molecule has 17 heavy (non-hydrogen) atoms. The minimum atomic E-state index is -0.685. The van der Waals surface area contributed by atoms with Crippen LogP contribution in [0.2, 0.25) is 10.0 Å². The van der Waals surface area contributed by atoms with Gasteiger partial charge in [0.25, 0.3) is 0 Å². The van der Waals surface area contributed by atoms with Gasteiger partial charge in [0, 0.05) is 11.1 Å². The highest BCUT2D eigenvalue weighted by Gasteiger charge is 2.15. The highest BCUT2D eigenvalue weighted by Crippen LogP contribution is 2.32. The maximum Gasteiger partial charge on any atom is 0.356 e. The molecule has 87 valence electrons. The van der Waals surface area contributed by atoms with E-state index in [1.165, 1.54) is 19.2 Å². The number of esters is 1. The number of carbonyl (C=O) groups excluding carboxylic acids is 1. The molecule has 0 unspecified atom stereocenters. The molecule has 0 N–H and O–H groups in total. The van der Waals surface area contributed by atoms with Gasteiger partial charge in [0.15, 0.2) is 11.4 Å². The van der Waals surface area contributed by atoms with Crippen molar-refractivity contribution in [3.05, 3.63) is 33.9 Å². The zero-order valence-corrected chi connectivity index (χ0v) is 10.2. The number of fused-ring (bicyclic) bond motifs is 1. The van der Waals surface area contributed by atoms with Gasteiger partial charge in [0.05, 0.1) is 23.0 Å². The number of carbonyl (C=O) groups is 1. The van der Waals surface area contributed by atoms with Gasteiger partial charge in [0.1, 0.15) is 0 Å². The third-order valence-corrected chi connectivity index (χ3v) is 2.69. The van der Waals surface area contributed by atoms with Crippen LogP contribution in [0.15, 0.2) is 18.2 Å². The van der Waals surface area contributed by atoms with Crippen molar-refractivity contribution in [2.24, 2.45) is 0 Å². The Labute approximate surface area is 107 Å². The fourth-order valence-corrected chi connectivity index (χ4v) is 1.97. The monoisotopic (exact) mass is 270 g/mol. The van der Waals surface area contributed by atoms with Crippen LogP contribution in [0.1, 0.15) is 10.5 Å². The molecule has 1 aromatic carbocycles. The van der Waals surface area contributed by atoms with Crippen LogP contribution in [0, 0.1) is 0 Å². The van der Waals surface area contributed by atoms with E-state index in [1.807, 2.05) is 0 Å². The average molecular weight is 271 g/mol. The van der Waals surface area contributed by atoms with Crippen molar-refractivity contribution in [2.45, 2.75) is 0 Å². The van der Waals surface area contributed by atoms with Crippen molar-refractivity contribution < 1.29 is 14.6 Å². The number of rotatable bonds is 1. The third kappa shape index (κ3) is 2.14. The Morgan fingerprint density at radius 3 is 2.65 bits per heavy atom. The molecular weight excluding hydrogens is 265 g/mol. The predicted molar refractivity (Wildman–Crippen MR) is 63.2 cm³/mol. The molecule has 0 bridgehead atoms. The molecule has 1 heterocycles. The summed E-state index contributed by atoms with van der Waals surface area (Å²) in [6.45, 7) is 0. The first-order valence-electron chi connectivity index (χ1n) is 4.58. The van der Waals surface area contributed by atoms with Gasteiger partial charge in [-0.1, -0.05) is 23.2 Å². The van der Waals surface area contributed by atoms with E-state index in [0.29, 0.717) is 5.02 Å². The van der Waals surface area contributed by atoms with E-state index in [9.17, 15) is 9.90 Å². The van der Waals surface area contributed by atoms with Crippen molar-refractivity contribution in [1.82, 2.24) is 4.98 Å². The lowest BCUT2D eigenvalue weighted by Gasteiger charge is -2.04. The maximum absolute atomic E-state index is 11.8. The van der Waals surface area contributed by atoms with E-state index in [-0.39, 0.29) is 27.4 Å². The molecule has 0 saturated carbocycles. The summed E-state index contributed by atoms with van der Waals surface area (Å²) in [6.07, 6.45) is 0. The van der Waals surface area contributed by atoms with E-state index < -0.39 is 5.97 Å². The second-order valence-corrected chi connectivity index (χ2v) is 4.12. The molecule has 0 aliphatic carbocycles. The Morgan fingerprint density at radius 1 is 1.29 bits per heavy atom. The highest BCUT2D eigenvalue weighted by molar-refractivity contribution is 6.38. The van der Waals surface area contributed by atoms with Crippen LogP contribution in [0.3, 0.4) is 0 Å². The fraction of sp³-hybridized carbons (Fsp3) is 0.0909. The number of methoxy groups -OCH3 is 1. The minimum absolute atomic E-state index is 0.0748. The topological polar surface area (TPSA) is 59.1 Å². The van der Waals surface area contributed by atoms with Crippen molar-refractivity contribution in [1.29, 1.82) is 0 Å². The Kier molecular flexibility index (Phi) is 3.09. The average Bonchev–Trinajstić information content (AvgIpc) is 2.29. The second-order valence-electron chi connectivity index (χ2n) is 3.28. The number of halogens is 2. The SMILES string of the molecule is COC(=O)c1cc([O])c2cc(Cl)cc(Cl)c2n1.